The van der Waals surface area contributed by atoms with Crippen LogP contribution in [0, 0.1) is 5.92 Å². The fraction of sp³-hybridized carbons (Fsp3) is 0.364. The number of ether oxygens (including phenoxy) is 1. The molecule has 40 heavy (non-hydrogen) atoms. The number of carbonyl (C=O) groups is 2. The van der Waals surface area contributed by atoms with E-state index in [-0.39, 0.29) is 5.91 Å². The average Bonchev–Trinajstić information content (AvgIpc) is 3.32. The van der Waals surface area contributed by atoms with Gasteiger partial charge in [-0.1, -0.05) is 75.1 Å². The number of carboxylic acid groups (broad SMARTS) is 1. The van der Waals surface area contributed by atoms with Crippen molar-refractivity contribution in [1.82, 2.24) is 14.9 Å². The van der Waals surface area contributed by atoms with Gasteiger partial charge in [0, 0.05) is 30.6 Å². The van der Waals surface area contributed by atoms with Crippen LogP contribution in [0.5, 0.6) is 5.75 Å². The molecule has 4 aromatic rings. The molecule has 1 fully saturated rings. The number of rotatable bonds is 10. The Morgan fingerprint density at radius 1 is 1.02 bits per heavy atom. The van der Waals surface area contributed by atoms with Gasteiger partial charge in [-0.3, -0.25) is 4.79 Å². The second-order valence-electron chi connectivity index (χ2n) is 10.7. The lowest BCUT2D eigenvalue weighted by Crippen LogP contribution is -2.30. The molecule has 0 spiro atoms. The van der Waals surface area contributed by atoms with Crippen LogP contribution < -0.4 is 10.1 Å². The summed E-state index contributed by atoms with van der Waals surface area (Å²) < 4.78 is 7.19. The standard InChI is InChI=1S/C33H37N3O4/c1-2-3-13-31-35-28-19-18-26(32(37)34-21-23-9-5-4-6-10-23)20-29(28)36(31)22-24-14-16-25(17-15-24)27-11-7-8-12-30(27)40-33(38)39/h7-8,11-12,14-20,23H,2-6,9-10,13,21-22H2,1H3,(H,34,37)(H,38,39). The third-order valence-corrected chi connectivity index (χ3v) is 7.81. The minimum Gasteiger partial charge on any atom is -0.449 e. The molecular formula is C33H37N3O4. The maximum Gasteiger partial charge on any atom is 0.511 e. The van der Waals surface area contributed by atoms with Gasteiger partial charge in [0.15, 0.2) is 0 Å². The van der Waals surface area contributed by atoms with Crippen LogP contribution in [0.1, 0.15) is 73.6 Å². The molecule has 3 aromatic carbocycles. The lowest BCUT2D eigenvalue weighted by Gasteiger charge is -2.21. The van der Waals surface area contributed by atoms with Crippen LogP contribution in [0.2, 0.25) is 0 Å². The normalized spacial score (nSPS) is 13.8. The molecule has 0 aliphatic heterocycles. The van der Waals surface area contributed by atoms with Crippen LogP contribution in [0.3, 0.4) is 0 Å². The molecule has 5 rings (SSSR count). The number of carbonyl (C=O) groups excluding carboxylic acids is 1. The van der Waals surface area contributed by atoms with E-state index >= 15 is 0 Å². The molecular weight excluding hydrogens is 502 g/mol. The van der Waals surface area contributed by atoms with Crippen molar-refractivity contribution in [2.24, 2.45) is 5.92 Å². The van der Waals surface area contributed by atoms with Crippen molar-refractivity contribution in [1.29, 1.82) is 0 Å². The highest BCUT2D eigenvalue weighted by molar-refractivity contribution is 5.97. The van der Waals surface area contributed by atoms with E-state index in [9.17, 15) is 9.59 Å². The molecule has 1 saturated carbocycles. The molecule has 2 N–H and O–H groups in total. The van der Waals surface area contributed by atoms with E-state index < -0.39 is 6.16 Å². The molecule has 1 aliphatic carbocycles. The number of unbranched alkanes of at least 4 members (excludes halogenated alkanes) is 1. The predicted octanol–water partition coefficient (Wildman–Crippen LogP) is 7.46. The van der Waals surface area contributed by atoms with Crippen molar-refractivity contribution < 1.29 is 19.4 Å². The van der Waals surface area contributed by atoms with Gasteiger partial charge < -0.3 is 19.7 Å². The van der Waals surface area contributed by atoms with Crippen molar-refractivity contribution in [2.45, 2.75) is 64.8 Å². The van der Waals surface area contributed by atoms with Gasteiger partial charge in [0.25, 0.3) is 5.91 Å². The highest BCUT2D eigenvalue weighted by atomic mass is 16.7. The number of aryl methyl sites for hydroxylation is 1. The molecule has 1 aliphatic rings. The lowest BCUT2D eigenvalue weighted by molar-refractivity contribution is 0.0943. The molecule has 0 saturated heterocycles. The fourth-order valence-corrected chi connectivity index (χ4v) is 5.61. The Balaban J connectivity index is 1.39. The topological polar surface area (TPSA) is 93.5 Å². The molecule has 1 heterocycles. The molecule has 1 amide bonds. The Hall–Kier alpha value is -4.13. The quantitative estimate of drug-likeness (QED) is 0.161. The van der Waals surface area contributed by atoms with E-state index in [1.165, 1.54) is 32.1 Å². The summed E-state index contributed by atoms with van der Waals surface area (Å²) in [6, 6.07) is 21.0. The van der Waals surface area contributed by atoms with Gasteiger partial charge in [-0.05, 0) is 60.6 Å². The first-order chi connectivity index (χ1) is 19.5. The Labute approximate surface area is 235 Å². The van der Waals surface area contributed by atoms with E-state index in [4.69, 9.17) is 14.8 Å². The monoisotopic (exact) mass is 539 g/mol. The van der Waals surface area contributed by atoms with Gasteiger partial charge in [0.1, 0.15) is 11.6 Å². The lowest BCUT2D eigenvalue weighted by atomic mass is 9.89. The van der Waals surface area contributed by atoms with E-state index in [1.54, 1.807) is 12.1 Å². The summed E-state index contributed by atoms with van der Waals surface area (Å²) in [4.78, 5) is 29.1. The third kappa shape index (κ3) is 6.53. The average molecular weight is 540 g/mol. The van der Waals surface area contributed by atoms with Crippen LogP contribution in [0.25, 0.3) is 22.2 Å². The number of benzene rings is 3. The van der Waals surface area contributed by atoms with Gasteiger partial charge >= 0.3 is 6.16 Å². The second kappa shape index (κ2) is 12.8. The Morgan fingerprint density at radius 3 is 2.55 bits per heavy atom. The van der Waals surface area contributed by atoms with Crippen LogP contribution in [0.15, 0.2) is 66.7 Å². The summed E-state index contributed by atoms with van der Waals surface area (Å²) in [5.74, 6) is 1.88. The molecule has 7 nitrogen and oxygen atoms in total. The van der Waals surface area contributed by atoms with Crippen molar-refractivity contribution in [2.75, 3.05) is 6.54 Å². The predicted molar refractivity (Wildman–Crippen MR) is 157 cm³/mol. The number of nitrogens with one attached hydrogen (secondary N) is 1. The molecule has 0 radical (unpaired) electrons. The van der Waals surface area contributed by atoms with Gasteiger partial charge in [-0.2, -0.15) is 0 Å². The van der Waals surface area contributed by atoms with Crippen molar-refractivity contribution in [3.63, 3.8) is 0 Å². The zero-order valence-electron chi connectivity index (χ0n) is 23.1. The van der Waals surface area contributed by atoms with E-state index in [2.05, 4.69) is 16.8 Å². The summed E-state index contributed by atoms with van der Waals surface area (Å²) in [5, 5.41) is 12.3. The minimum absolute atomic E-state index is 0.0260. The number of hydrogen-bond acceptors (Lipinski definition) is 4. The number of imidazole rings is 1. The zero-order chi connectivity index (χ0) is 27.9. The van der Waals surface area contributed by atoms with Crippen LogP contribution >= 0.6 is 0 Å². The largest absolute Gasteiger partial charge is 0.511 e. The highest BCUT2D eigenvalue weighted by Crippen LogP contribution is 2.31. The highest BCUT2D eigenvalue weighted by Gasteiger charge is 2.17. The number of nitrogens with zero attached hydrogens (tertiary/aromatic N) is 2. The summed E-state index contributed by atoms with van der Waals surface area (Å²) >= 11 is 0. The number of hydrogen-bond donors (Lipinski definition) is 2. The second-order valence-corrected chi connectivity index (χ2v) is 10.7. The first-order valence-corrected chi connectivity index (χ1v) is 14.4. The van der Waals surface area contributed by atoms with Crippen molar-refractivity contribution in [3.8, 4) is 16.9 Å². The molecule has 0 bridgehead atoms. The van der Waals surface area contributed by atoms with Gasteiger partial charge in [0.05, 0.1) is 11.0 Å². The van der Waals surface area contributed by atoms with E-state index in [1.807, 2.05) is 54.6 Å². The summed E-state index contributed by atoms with van der Waals surface area (Å²) in [5.41, 5.74) is 5.20. The number of amides is 1. The molecule has 7 heteroatoms. The SMILES string of the molecule is CCCCc1nc2ccc(C(=O)NCC3CCCCC3)cc2n1Cc1ccc(-c2ccccc2OC(=O)O)cc1. The van der Waals surface area contributed by atoms with Crippen LogP contribution in [-0.2, 0) is 13.0 Å². The van der Waals surface area contributed by atoms with Crippen LogP contribution in [0.4, 0.5) is 4.79 Å². The summed E-state index contributed by atoms with van der Waals surface area (Å²) in [6.45, 7) is 3.54. The van der Waals surface area contributed by atoms with Gasteiger partial charge in [-0.25, -0.2) is 9.78 Å². The molecule has 208 valence electrons. The van der Waals surface area contributed by atoms with Crippen molar-refractivity contribution >= 4 is 23.1 Å². The van der Waals surface area contributed by atoms with Gasteiger partial charge in [-0.15, -0.1) is 0 Å². The smallest absolute Gasteiger partial charge is 0.449 e. The first kappa shape index (κ1) is 27.4. The molecule has 1 aromatic heterocycles. The van der Waals surface area contributed by atoms with Gasteiger partial charge in [0.2, 0.25) is 0 Å². The third-order valence-electron chi connectivity index (χ3n) is 7.81. The first-order valence-electron chi connectivity index (χ1n) is 14.4. The molecule has 0 unspecified atom stereocenters. The zero-order valence-corrected chi connectivity index (χ0v) is 23.1. The van der Waals surface area contributed by atoms with E-state index in [0.29, 0.717) is 23.8 Å². The van der Waals surface area contributed by atoms with Crippen LogP contribution in [-0.4, -0.2) is 33.3 Å². The minimum atomic E-state index is -1.34. The summed E-state index contributed by atoms with van der Waals surface area (Å²) in [6.07, 6.45) is 7.87. The maximum absolute atomic E-state index is 13.1. The number of aromatic nitrogens is 2. The number of para-hydroxylation sites is 1. The summed E-state index contributed by atoms with van der Waals surface area (Å²) in [7, 11) is 0. The fourth-order valence-electron chi connectivity index (χ4n) is 5.61. The Morgan fingerprint density at radius 2 is 1.80 bits per heavy atom. The maximum atomic E-state index is 13.1. The van der Waals surface area contributed by atoms with E-state index in [0.717, 1.165) is 59.4 Å². The number of fused-ring (bicyclic) bond motifs is 1. The van der Waals surface area contributed by atoms with Crippen molar-refractivity contribution in [3.05, 3.63) is 83.7 Å². The molecule has 0 atom stereocenters. The Bertz CT molecular complexity index is 1470. The Kier molecular flexibility index (Phi) is 8.79.